The van der Waals surface area contributed by atoms with E-state index < -0.39 is 0 Å². The lowest BCUT2D eigenvalue weighted by Crippen LogP contribution is -2.39. The average Bonchev–Trinajstić information content (AvgIpc) is 3.39. The molecule has 1 fully saturated rings. The van der Waals surface area contributed by atoms with Gasteiger partial charge in [-0.3, -0.25) is 9.78 Å². The molecule has 0 N–H and O–H groups in total. The molecule has 1 aromatic carbocycles. The molecule has 0 aliphatic carbocycles. The summed E-state index contributed by atoms with van der Waals surface area (Å²) in [6.07, 6.45) is 10.2. The minimum Gasteiger partial charge on any atom is -0.437 e. The number of aromatic nitrogens is 5. The molecule has 0 radical (unpaired) electrons. The first-order valence-electron chi connectivity index (χ1n) is 11.0. The van der Waals surface area contributed by atoms with Crippen LogP contribution in [0, 0.1) is 6.92 Å². The Balaban J connectivity index is 1.32. The zero-order chi connectivity index (χ0) is 22.6. The molecule has 8 nitrogen and oxygen atoms in total. The van der Waals surface area contributed by atoms with Gasteiger partial charge < -0.3 is 9.64 Å². The second-order valence-corrected chi connectivity index (χ2v) is 8.11. The zero-order valence-corrected chi connectivity index (χ0v) is 18.3. The lowest BCUT2D eigenvalue weighted by molar-refractivity contribution is 0.0704. The highest BCUT2D eigenvalue weighted by Crippen LogP contribution is 2.33. The summed E-state index contributed by atoms with van der Waals surface area (Å²) in [6.45, 7) is 3.28. The lowest BCUT2D eigenvalue weighted by Gasteiger charge is -2.32. The van der Waals surface area contributed by atoms with Gasteiger partial charge in [-0.2, -0.15) is 5.10 Å². The van der Waals surface area contributed by atoms with E-state index >= 15 is 0 Å². The van der Waals surface area contributed by atoms with Crippen LogP contribution < -0.4 is 4.74 Å². The molecule has 1 atom stereocenters. The number of amides is 1. The molecule has 1 amide bonds. The summed E-state index contributed by atoms with van der Waals surface area (Å²) < 4.78 is 7.74. The number of piperidine rings is 1. The first-order valence-corrected chi connectivity index (χ1v) is 11.0. The molecule has 0 bridgehead atoms. The molecule has 4 heterocycles. The average molecular weight is 441 g/mol. The fourth-order valence-corrected chi connectivity index (χ4v) is 4.10. The number of pyridine rings is 1. The van der Waals surface area contributed by atoms with E-state index in [1.54, 1.807) is 41.6 Å². The van der Waals surface area contributed by atoms with Crippen LogP contribution in [0.3, 0.4) is 0 Å². The van der Waals surface area contributed by atoms with Gasteiger partial charge in [0.1, 0.15) is 11.4 Å². The summed E-state index contributed by atoms with van der Waals surface area (Å²) >= 11 is 0. The van der Waals surface area contributed by atoms with Gasteiger partial charge in [-0.25, -0.2) is 14.6 Å². The normalized spacial score (nSPS) is 15.9. The molecule has 0 spiro atoms. The van der Waals surface area contributed by atoms with Gasteiger partial charge in [0.25, 0.3) is 5.91 Å². The third-order valence-corrected chi connectivity index (χ3v) is 5.72. The van der Waals surface area contributed by atoms with Crippen molar-refractivity contribution in [1.29, 1.82) is 0 Å². The summed E-state index contributed by atoms with van der Waals surface area (Å²) in [7, 11) is 0. The quantitative estimate of drug-likeness (QED) is 0.463. The maximum absolute atomic E-state index is 13.2. The van der Waals surface area contributed by atoms with Crippen LogP contribution in [0.1, 0.15) is 40.4 Å². The predicted molar refractivity (Wildman–Crippen MR) is 123 cm³/mol. The summed E-state index contributed by atoms with van der Waals surface area (Å²) in [4.78, 5) is 28.5. The number of ether oxygens (including phenoxy) is 1. The molecule has 166 valence electrons. The highest BCUT2D eigenvalue weighted by atomic mass is 16.5. The highest BCUT2D eigenvalue weighted by Gasteiger charge is 2.29. The second-order valence-electron chi connectivity index (χ2n) is 8.11. The van der Waals surface area contributed by atoms with Crippen molar-refractivity contribution >= 4 is 5.91 Å². The molecule has 1 aliphatic heterocycles. The highest BCUT2D eigenvalue weighted by molar-refractivity contribution is 5.94. The van der Waals surface area contributed by atoms with Gasteiger partial charge in [0.05, 0.1) is 5.56 Å². The maximum atomic E-state index is 13.2. The first kappa shape index (κ1) is 20.8. The minimum absolute atomic E-state index is 0.0377. The number of aryl methyl sites for hydroxylation is 1. The van der Waals surface area contributed by atoms with Crippen LogP contribution in [-0.4, -0.2) is 48.6 Å². The topological polar surface area (TPSA) is 86.0 Å². The van der Waals surface area contributed by atoms with E-state index in [1.807, 2.05) is 48.4 Å². The number of likely N-dealkylation sites (tertiary alicyclic amines) is 1. The van der Waals surface area contributed by atoms with Gasteiger partial charge >= 0.3 is 0 Å². The number of carbonyl (C=O) groups excluding carboxylic acids is 1. The van der Waals surface area contributed by atoms with Crippen LogP contribution in [0.25, 0.3) is 5.82 Å². The van der Waals surface area contributed by atoms with Crippen molar-refractivity contribution in [1.82, 2.24) is 29.6 Å². The number of benzene rings is 1. The Bertz CT molecular complexity index is 1240. The van der Waals surface area contributed by atoms with E-state index in [0.717, 1.165) is 29.8 Å². The first-order chi connectivity index (χ1) is 16.2. The van der Waals surface area contributed by atoms with Crippen molar-refractivity contribution < 1.29 is 9.53 Å². The molecule has 1 saturated heterocycles. The summed E-state index contributed by atoms with van der Waals surface area (Å²) in [5.41, 5.74) is 2.45. The van der Waals surface area contributed by atoms with Gasteiger partial charge in [0.2, 0.25) is 5.88 Å². The Labute approximate surface area is 191 Å². The summed E-state index contributed by atoms with van der Waals surface area (Å²) in [6, 6.07) is 13.3. The molecule has 1 unspecified atom stereocenters. The number of carbonyl (C=O) groups is 1. The smallest absolute Gasteiger partial charge is 0.255 e. The van der Waals surface area contributed by atoms with Crippen molar-refractivity contribution in [3.63, 3.8) is 0 Å². The number of rotatable bonds is 5. The van der Waals surface area contributed by atoms with Gasteiger partial charge in [0.15, 0.2) is 5.82 Å². The van der Waals surface area contributed by atoms with Crippen molar-refractivity contribution in [3.8, 4) is 17.4 Å². The zero-order valence-electron chi connectivity index (χ0n) is 18.3. The Kier molecular flexibility index (Phi) is 5.80. The van der Waals surface area contributed by atoms with Crippen LogP contribution in [0.2, 0.25) is 0 Å². The van der Waals surface area contributed by atoms with Gasteiger partial charge in [0, 0.05) is 50.0 Å². The molecule has 0 saturated carbocycles. The Hall–Kier alpha value is -4.07. The van der Waals surface area contributed by atoms with Crippen LogP contribution in [0.4, 0.5) is 0 Å². The summed E-state index contributed by atoms with van der Waals surface area (Å²) in [5.74, 6) is 1.90. The minimum atomic E-state index is -0.0377. The van der Waals surface area contributed by atoms with E-state index in [2.05, 4.69) is 20.1 Å². The predicted octanol–water partition coefficient (Wildman–Crippen LogP) is 4.18. The third-order valence-electron chi connectivity index (χ3n) is 5.72. The molecule has 3 aromatic heterocycles. The lowest BCUT2D eigenvalue weighted by atomic mass is 9.94. The van der Waals surface area contributed by atoms with Gasteiger partial charge in [-0.15, -0.1) is 0 Å². The molecule has 8 heteroatoms. The van der Waals surface area contributed by atoms with E-state index in [1.165, 1.54) is 0 Å². The van der Waals surface area contributed by atoms with Crippen LogP contribution >= 0.6 is 0 Å². The number of nitrogens with zero attached hydrogens (tertiary/aromatic N) is 6. The fraction of sp³-hybridized carbons (Fsp3) is 0.240. The van der Waals surface area contributed by atoms with Gasteiger partial charge in [-0.1, -0.05) is 12.1 Å². The summed E-state index contributed by atoms with van der Waals surface area (Å²) in [5, 5.41) is 4.17. The van der Waals surface area contributed by atoms with E-state index in [4.69, 9.17) is 4.74 Å². The van der Waals surface area contributed by atoms with Crippen molar-refractivity contribution in [2.75, 3.05) is 13.1 Å². The largest absolute Gasteiger partial charge is 0.437 e. The van der Waals surface area contributed by atoms with Crippen molar-refractivity contribution in [2.45, 2.75) is 25.7 Å². The molecular weight excluding hydrogens is 416 g/mol. The number of hydrogen-bond acceptors (Lipinski definition) is 6. The Morgan fingerprint density at radius 3 is 2.76 bits per heavy atom. The van der Waals surface area contributed by atoms with Crippen LogP contribution in [0.5, 0.6) is 11.6 Å². The van der Waals surface area contributed by atoms with E-state index in [9.17, 15) is 4.79 Å². The SMILES string of the molecule is Cc1cccc(Oc2nccnc2C2CCCN(C(=O)c3ccc(-n4cccn4)nc3)C2)c1. The van der Waals surface area contributed by atoms with Crippen molar-refractivity contribution in [2.24, 2.45) is 0 Å². The molecule has 33 heavy (non-hydrogen) atoms. The Morgan fingerprint density at radius 2 is 1.97 bits per heavy atom. The third kappa shape index (κ3) is 4.59. The molecule has 1 aliphatic rings. The fourth-order valence-electron chi connectivity index (χ4n) is 4.10. The second kappa shape index (κ2) is 9.20. The standard InChI is InChI=1S/C25H24N6O2/c1-18-5-2-7-21(15-18)33-24-23(26-11-12-27-24)20-6-3-13-30(17-20)25(32)19-8-9-22(28-16-19)31-14-4-10-29-31/h2,4-5,7-12,14-16,20H,3,6,13,17H2,1H3. The van der Waals surface area contributed by atoms with Crippen molar-refractivity contribution in [3.05, 3.63) is 90.3 Å². The molecule has 5 rings (SSSR count). The Morgan fingerprint density at radius 1 is 1.06 bits per heavy atom. The molecule has 4 aromatic rings. The van der Waals surface area contributed by atoms with E-state index in [0.29, 0.717) is 30.4 Å². The van der Waals surface area contributed by atoms with Gasteiger partial charge in [-0.05, 0) is 55.7 Å². The van der Waals surface area contributed by atoms with Crippen LogP contribution in [0.15, 0.2) is 73.4 Å². The van der Waals surface area contributed by atoms with E-state index in [-0.39, 0.29) is 11.8 Å². The number of hydrogen-bond donors (Lipinski definition) is 0. The monoisotopic (exact) mass is 440 g/mol. The molecular formula is C25H24N6O2. The maximum Gasteiger partial charge on any atom is 0.255 e. The van der Waals surface area contributed by atoms with Crippen LogP contribution in [-0.2, 0) is 0 Å².